The van der Waals surface area contributed by atoms with Crippen LogP contribution >= 0.6 is 7.82 Å². The van der Waals surface area contributed by atoms with Crippen LogP contribution in [0.1, 0.15) is 129 Å². The lowest BCUT2D eigenvalue weighted by Gasteiger charge is -2.24. The van der Waals surface area contributed by atoms with Gasteiger partial charge in [0, 0.05) is 12.8 Å². The highest BCUT2D eigenvalue weighted by atomic mass is 31.2. The van der Waals surface area contributed by atoms with Crippen molar-refractivity contribution in [2.75, 3.05) is 47.5 Å². The lowest BCUT2D eigenvalue weighted by Crippen LogP contribution is -2.37. The summed E-state index contributed by atoms with van der Waals surface area (Å²) in [5, 5.41) is 0. The minimum Gasteiger partial charge on any atom is -0.462 e. The van der Waals surface area contributed by atoms with Crippen molar-refractivity contribution in [1.29, 1.82) is 0 Å². The van der Waals surface area contributed by atoms with Crippen LogP contribution < -0.4 is 0 Å². The van der Waals surface area contributed by atoms with E-state index in [-0.39, 0.29) is 26.1 Å². The first kappa shape index (κ1) is 51.2. The third kappa shape index (κ3) is 38.9. The van der Waals surface area contributed by atoms with Gasteiger partial charge in [-0.05, 0) is 83.5 Å². The molecule has 308 valence electrons. The van der Waals surface area contributed by atoms with Gasteiger partial charge in [0.25, 0.3) is 0 Å². The number of rotatable bonds is 35. The Morgan fingerprint density at radius 1 is 0.574 bits per heavy atom. The summed E-state index contributed by atoms with van der Waals surface area (Å²) in [5.74, 6) is -0.879. The van der Waals surface area contributed by atoms with Gasteiger partial charge in [0.2, 0.25) is 0 Å². The Labute approximate surface area is 329 Å². The third-order valence-corrected chi connectivity index (χ3v) is 8.90. The Hall–Kier alpha value is -2.81. The van der Waals surface area contributed by atoms with Crippen molar-refractivity contribution >= 4 is 19.8 Å². The third-order valence-electron chi connectivity index (χ3n) is 7.92. The number of nitrogens with zero attached hydrogens (tertiary/aromatic N) is 1. The van der Waals surface area contributed by atoms with Gasteiger partial charge < -0.3 is 18.9 Å². The molecule has 2 atom stereocenters. The summed E-state index contributed by atoms with van der Waals surface area (Å²) >= 11 is 0. The quantitative estimate of drug-likeness (QED) is 0.0223. The summed E-state index contributed by atoms with van der Waals surface area (Å²) in [7, 11) is 1.42. The summed E-state index contributed by atoms with van der Waals surface area (Å²) in [4.78, 5) is 35.3. The van der Waals surface area contributed by atoms with Gasteiger partial charge in [0.1, 0.15) is 19.8 Å². The Bertz CT molecular complexity index is 1200. The first-order chi connectivity index (χ1) is 26.0. The maximum absolute atomic E-state index is 12.6. The molecule has 0 aromatic rings. The van der Waals surface area contributed by atoms with Crippen LogP contribution in [-0.4, -0.2) is 74.9 Å². The number of phosphoric ester groups is 1. The second-order valence-electron chi connectivity index (χ2n) is 14.3. The molecule has 0 aliphatic heterocycles. The van der Waals surface area contributed by atoms with E-state index < -0.39 is 32.5 Å². The van der Waals surface area contributed by atoms with Crippen molar-refractivity contribution in [1.82, 2.24) is 0 Å². The highest BCUT2D eigenvalue weighted by molar-refractivity contribution is 7.47. The van der Waals surface area contributed by atoms with Crippen LogP contribution in [-0.2, 0) is 32.7 Å². The van der Waals surface area contributed by atoms with Crippen molar-refractivity contribution in [3.63, 3.8) is 0 Å². The SMILES string of the molecule is CC/C=C/C/C=C/C/C=C/C/C=C/CCCCC(=O)O[C@H](COC(=O)CCCCCCC/C=C/C/C=C/C/C=C/CC)COP(=O)(O)OCC[N+](C)(C)C. The molecule has 0 aliphatic carbocycles. The van der Waals surface area contributed by atoms with E-state index in [2.05, 4.69) is 98.9 Å². The summed E-state index contributed by atoms with van der Waals surface area (Å²) in [6.45, 7) is 4.09. The van der Waals surface area contributed by atoms with Crippen LogP contribution in [0, 0.1) is 0 Å². The van der Waals surface area contributed by atoms with Crippen LogP contribution in [0.25, 0.3) is 0 Å². The lowest BCUT2D eigenvalue weighted by atomic mass is 10.1. The van der Waals surface area contributed by atoms with Crippen LogP contribution in [0.5, 0.6) is 0 Å². The fourth-order valence-electron chi connectivity index (χ4n) is 4.78. The molecule has 0 fully saturated rings. The van der Waals surface area contributed by atoms with Crippen LogP contribution in [0.3, 0.4) is 0 Å². The van der Waals surface area contributed by atoms with Gasteiger partial charge in [-0.2, -0.15) is 0 Å². The molecule has 0 amide bonds. The maximum atomic E-state index is 12.6. The zero-order valence-corrected chi connectivity index (χ0v) is 35.3. The zero-order chi connectivity index (χ0) is 40.0. The first-order valence-electron chi connectivity index (χ1n) is 20.3. The molecular weight excluding hydrogens is 701 g/mol. The predicted molar refractivity (Wildman–Crippen MR) is 224 cm³/mol. The summed E-state index contributed by atoms with van der Waals surface area (Å²) in [5.41, 5.74) is 0. The number of likely N-dealkylation sites (N-methyl/N-ethyl adjacent to an activating group) is 1. The van der Waals surface area contributed by atoms with Gasteiger partial charge in [-0.1, -0.05) is 118 Å². The topological polar surface area (TPSA) is 108 Å². The van der Waals surface area contributed by atoms with E-state index in [4.69, 9.17) is 18.5 Å². The number of phosphoric acid groups is 1. The van der Waals surface area contributed by atoms with Gasteiger partial charge in [-0.15, -0.1) is 0 Å². The molecule has 0 aromatic heterocycles. The molecule has 54 heavy (non-hydrogen) atoms. The lowest BCUT2D eigenvalue weighted by molar-refractivity contribution is -0.870. The van der Waals surface area contributed by atoms with Gasteiger partial charge in [0.15, 0.2) is 6.10 Å². The van der Waals surface area contributed by atoms with Crippen LogP contribution in [0.2, 0.25) is 0 Å². The molecule has 0 spiro atoms. The molecule has 0 saturated heterocycles. The normalized spacial score (nSPS) is 14.6. The zero-order valence-electron chi connectivity index (χ0n) is 34.4. The number of allylic oxidation sites excluding steroid dienone is 14. The number of ether oxygens (including phenoxy) is 2. The molecule has 9 nitrogen and oxygen atoms in total. The molecule has 0 bridgehead atoms. The standard InChI is InChI=1S/C44H74NO8P/c1-6-8-10-12-14-16-18-20-22-24-26-28-30-32-34-36-43(46)50-40-42(41-52-54(48,49)51-39-38-45(3,4)5)53-44(47)37-35-33-31-29-27-25-23-21-19-17-15-13-11-9-7-2/h8-11,14-17,20-23,27,29,42H,6-7,12-13,18-19,24-26,28,30-41H2,1-5H3/p+1/b10-8+,11-9+,16-14+,17-15+,22-20+,23-21+,29-27+/t42-/m1/s1. The van der Waals surface area contributed by atoms with Gasteiger partial charge in [-0.3, -0.25) is 18.6 Å². The van der Waals surface area contributed by atoms with E-state index in [1.165, 1.54) is 0 Å². The number of carbonyl (C=O) groups is 2. The smallest absolute Gasteiger partial charge is 0.462 e. The van der Waals surface area contributed by atoms with Crippen molar-refractivity contribution in [2.45, 2.75) is 136 Å². The van der Waals surface area contributed by atoms with Crippen molar-refractivity contribution in [3.8, 4) is 0 Å². The summed E-state index contributed by atoms with van der Waals surface area (Å²) in [6.07, 6.45) is 44.9. The molecular formula is C44H75NO8P+. The fraction of sp³-hybridized carbons (Fsp3) is 0.636. The van der Waals surface area contributed by atoms with E-state index in [1.807, 2.05) is 21.1 Å². The molecule has 0 saturated carbocycles. The number of quaternary nitrogens is 1. The van der Waals surface area contributed by atoms with Gasteiger partial charge in [-0.25, -0.2) is 4.57 Å². The average Bonchev–Trinajstić information content (AvgIpc) is 3.12. The maximum Gasteiger partial charge on any atom is 0.472 e. The molecule has 1 N–H and O–H groups in total. The Morgan fingerprint density at radius 2 is 1.00 bits per heavy atom. The van der Waals surface area contributed by atoms with Crippen LogP contribution in [0.15, 0.2) is 85.1 Å². The fourth-order valence-corrected chi connectivity index (χ4v) is 5.52. The average molecular weight is 777 g/mol. The number of unbranched alkanes of at least 4 members (excludes halogenated alkanes) is 7. The van der Waals surface area contributed by atoms with Crippen molar-refractivity contribution in [2.24, 2.45) is 0 Å². The molecule has 0 heterocycles. The number of esters is 2. The second-order valence-corrected chi connectivity index (χ2v) is 15.7. The summed E-state index contributed by atoms with van der Waals surface area (Å²) in [6, 6.07) is 0. The molecule has 1 unspecified atom stereocenters. The van der Waals surface area contributed by atoms with Crippen LogP contribution in [0.4, 0.5) is 0 Å². The largest absolute Gasteiger partial charge is 0.472 e. The highest BCUT2D eigenvalue weighted by Crippen LogP contribution is 2.43. The Balaban J connectivity index is 4.53. The molecule has 0 radical (unpaired) electrons. The molecule has 0 aliphatic rings. The number of hydrogen-bond donors (Lipinski definition) is 1. The molecule has 0 rings (SSSR count). The second kappa shape index (κ2) is 35.9. The Morgan fingerprint density at radius 3 is 1.52 bits per heavy atom. The first-order valence-corrected chi connectivity index (χ1v) is 21.8. The van der Waals surface area contributed by atoms with Crippen molar-refractivity contribution in [3.05, 3.63) is 85.1 Å². The summed E-state index contributed by atoms with van der Waals surface area (Å²) < 4.78 is 34.2. The van der Waals surface area contributed by atoms with E-state index in [1.54, 1.807) is 0 Å². The predicted octanol–water partition coefficient (Wildman–Crippen LogP) is 11.2. The molecule has 0 aromatic carbocycles. The van der Waals surface area contributed by atoms with E-state index in [9.17, 15) is 19.0 Å². The van der Waals surface area contributed by atoms with Gasteiger partial charge >= 0.3 is 19.8 Å². The monoisotopic (exact) mass is 777 g/mol. The minimum absolute atomic E-state index is 0.0156. The number of hydrogen-bond acceptors (Lipinski definition) is 7. The van der Waals surface area contributed by atoms with Crippen molar-refractivity contribution < 1.29 is 42.1 Å². The Kier molecular flexibility index (Phi) is 34.0. The minimum atomic E-state index is -4.39. The van der Waals surface area contributed by atoms with E-state index in [0.717, 1.165) is 89.9 Å². The van der Waals surface area contributed by atoms with Gasteiger partial charge in [0.05, 0.1) is 27.7 Å². The highest BCUT2D eigenvalue weighted by Gasteiger charge is 2.27. The molecule has 10 heteroatoms. The number of carbonyl (C=O) groups excluding carboxylic acids is 2. The van der Waals surface area contributed by atoms with E-state index >= 15 is 0 Å². The van der Waals surface area contributed by atoms with E-state index in [0.29, 0.717) is 23.9 Å².